The number of hydrogen-bond acceptors (Lipinski definition) is 3. The number of hydrogen-bond donors (Lipinski definition) is 1. The first kappa shape index (κ1) is 17.3. The van der Waals surface area contributed by atoms with Crippen LogP contribution in [0.1, 0.15) is 29.6 Å². The minimum Gasteiger partial charge on any atom is -0.496 e. The summed E-state index contributed by atoms with van der Waals surface area (Å²) in [6.07, 6.45) is 3.21. The second kappa shape index (κ2) is 7.86. The monoisotopic (exact) mass is 362 g/mol. The van der Waals surface area contributed by atoms with E-state index in [0.29, 0.717) is 12.1 Å². The van der Waals surface area contributed by atoms with Crippen molar-refractivity contribution >= 4 is 34.2 Å². The molecule has 1 saturated heterocycles. The number of methoxy groups -OCH3 is 1. The standard InChI is InChI=1S/C14H19BrN2O2.ClH/c1-19-13-6-5-10(8-12(13)15)14(18)17-7-3-2-4-11(17)9-16;/h5-6,8,11H,2-4,7,9,16H2,1H3;1H. The molecule has 1 aromatic rings. The van der Waals surface area contributed by atoms with Crippen LogP contribution in [0.5, 0.6) is 5.75 Å². The Balaban J connectivity index is 0.00000200. The molecule has 0 radical (unpaired) electrons. The molecule has 6 heteroatoms. The maximum atomic E-state index is 12.5. The highest BCUT2D eigenvalue weighted by Crippen LogP contribution is 2.27. The van der Waals surface area contributed by atoms with Crippen LogP contribution in [-0.4, -0.2) is 37.0 Å². The first-order valence-electron chi connectivity index (χ1n) is 6.52. The van der Waals surface area contributed by atoms with Crippen molar-refractivity contribution < 1.29 is 9.53 Å². The predicted molar refractivity (Wildman–Crippen MR) is 85.7 cm³/mol. The molecule has 1 heterocycles. The normalized spacial score (nSPS) is 18.4. The van der Waals surface area contributed by atoms with Crippen LogP contribution >= 0.6 is 28.3 Å². The Kier molecular flexibility index (Phi) is 6.79. The van der Waals surface area contributed by atoms with Crippen molar-refractivity contribution in [2.75, 3.05) is 20.2 Å². The number of rotatable bonds is 3. The number of ether oxygens (including phenoxy) is 1. The Morgan fingerprint density at radius 2 is 2.25 bits per heavy atom. The van der Waals surface area contributed by atoms with E-state index in [9.17, 15) is 4.79 Å². The van der Waals surface area contributed by atoms with Crippen LogP contribution in [0.25, 0.3) is 0 Å². The topological polar surface area (TPSA) is 55.6 Å². The highest BCUT2D eigenvalue weighted by molar-refractivity contribution is 9.10. The van der Waals surface area contributed by atoms with Gasteiger partial charge in [0.2, 0.25) is 0 Å². The molecular formula is C14H20BrClN2O2. The number of amides is 1. The van der Waals surface area contributed by atoms with Gasteiger partial charge in [0.1, 0.15) is 5.75 Å². The number of piperidine rings is 1. The van der Waals surface area contributed by atoms with Gasteiger partial charge < -0.3 is 15.4 Å². The van der Waals surface area contributed by atoms with Crippen LogP contribution < -0.4 is 10.5 Å². The van der Waals surface area contributed by atoms with E-state index < -0.39 is 0 Å². The lowest BCUT2D eigenvalue weighted by molar-refractivity contribution is 0.0623. The maximum Gasteiger partial charge on any atom is 0.254 e. The molecule has 112 valence electrons. The lowest BCUT2D eigenvalue weighted by Gasteiger charge is -2.35. The summed E-state index contributed by atoms with van der Waals surface area (Å²) in [4.78, 5) is 14.4. The smallest absolute Gasteiger partial charge is 0.254 e. The summed E-state index contributed by atoms with van der Waals surface area (Å²) in [5, 5.41) is 0. The molecule has 0 aliphatic carbocycles. The van der Waals surface area contributed by atoms with Gasteiger partial charge in [-0.15, -0.1) is 12.4 Å². The Morgan fingerprint density at radius 1 is 1.50 bits per heavy atom. The van der Waals surface area contributed by atoms with E-state index in [1.807, 2.05) is 11.0 Å². The number of nitrogens with two attached hydrogens (primary N) is 1. The van der Waals surface area contributed by atoms with Crippen molar-refractivity contribution in [1.29, 1.82) is 0 Å². The van der Waals surface area contributed by atoms with Crippen LogP contribution in [0.2, 0.25) is 0 Å². The lowest BCUT2D eigenvalue weighted by Crippen LogP contribution is -2.47. The number of carbonyl (C=O) groups excluding carboxylic acids is 1. The fraction of sp³-hybridized carbons (Fsp3) is 0.500. The predicted octanol–water partition coefficient (Wildman–Crippen LogP) is 2.83. The largest absolute Gasteiger partial charge is 0.496 e. The Labute approximate surface area is 134 Å². The summed E-state index contributed by atoms with van der Waals surface area (Å²) >= 11 is 3.41. The zero-order valence-corrected chi connectivity index (χ0v) is 13.9. The van der Waals surface area contributed by atoms with E-state index in [0.717, 1.165) is 36.0 Å². The van der Waals surface area contributed by atoms with Crippen molar-refractivity contribution in [3.63, 3.8) is 0 Å². The minimum absolute atomic E-state index is 0. The summed E-state index contributed by atoms with van der Waals surface area (Å²) in [6.45, 7) is 1.33. The van der Waals surface area contributed by atoms with Crippen molar-refractivity contribution in [1.82, 2.24) is 4.90 Å². The zero-order chi connectivity index (χ0) is 13.8. The first-order valence-corrected chi connectivity index (χ1v) is 7.31. The van der Waals surface area contributed by atoms with Crippen LogP contribution in [0.3, 0.4) is 0 Å². The van der Waals surface area contributed by atoms with E-state index >= 15 is 0 Å². The molecule has 1 unspecified atom stereocenters. The fourth-order valence-electron chi connectivity index (χ4n) is 2.48. The first-order chi connectivity index (χ1) is 9.17. The number of nitrogens with zero attached hydrogens (tertiary/aromatic N) is 1. The Morgan fingerprint density at radius 3 is 2.85 bits per heavy atom. The van der Waals surface area contributed by atoms with Crippen LogP contribution in [-0.2, 0) is 0 Å². The van der Waals surface area contributed by atoms with Crippen LogP contribution in [0, 0.1) is 0 Å². The number of carbonyl (C=O) groups is 1. The summed E-state index contributed by atoms with van der Waals surface area (Å²) in [5.41, 5.74) is 6.44. The number of halogens is 2. The van der Waals surface area contributed by atoms with Gasteiger partial charge in [0.15, 0.2) is 0 Å². The molecule has 0 spiro atoms. The van der Waals surface area contributed by atoms with Gasteiger partial charge in [0.05, 0.1) is 11.6 Å². The average Bonchev–Trinajstić information content (AvgIpc) is 2.46. The molecule has 1 atom stereocenters. The molecule has 4 nitrogen and oxygen atoms in total. The lowest BCUT2D eigenvalue weighted by atomic mass is 10.0. The fourth-order valence-corrected chi connectivity index (χ4v) is 3.02. The molecule has 2 N–H and O–H groups in total. The second-order valence-corrected chi connectivity index (χ2v) is 5.59. The third-order valence-electron chi connectivity index (χ3n) is 3.56. The van der Waals surface area contributed by atoms with Crippen LogP contribution in [0.4, 0.5) is 0 Å². The minimum atomic E-state index is 0. The van der Waals surface area contributed by atoms with Gasteiger partial charge in [0, 0.05) is 24.7 Å². The third-order valence-corrected chi connectivity index (χ3v) is 4.18. The van der Waals surface area contributed by atoms with E-state index in [-0.39, 0.29) is 24.4 Å². The van der Waals surface area contributed by atoms with Gasteiger partial charge in [-0.3, -0.25) is 4.79 Å². The Bertz CT molecular complexity index is 470. The summed E-state index contributed by atoms with van der Waals surface area (Å²) in [6, 6.07) is 5.58. The van der Waals surface area contributed by atoms with Crippen molar-refractivity contribution in [2.24, 2.45) is 5.73 Å². The number of benzene rings is 1. The molecule has 0 bridgehead atoms. The van der Waals surface area contributed by atoms with E-state index in [4.69, 9.17) is 10.5 Å². The van der Waals surface area contributed by atoms with Gasteiger partial charge in [-0.1, -0.05) is 0 Å². The highest BCUT2D eigenvalue weighted by Gasteiger charge is 2.26. The molecule has 0 aromatic heterocycles. The summed E-state index contributed by atoms with van der Waals surface area (Å²) < 4.78 is 5.97. The van der Waals surface area contributed by atoms with Gasteiger partial charge in [-0.2, -0.15) is 0 Å². The van der Waals surface area contributed by atoms with E-state index in [2.05, 4.69) is 15.9 Å². The van der Waals surface area contributed by atoms with Gasteiger partial charge in [-0.25, -0.2) is 0 Å². The van der Waals surface area contributed by atoms with Gasteiger partial charge >= 0.3 is 0 Å². The summed E-state index contributed by atoms with van der Waals surface area (Å²) in [5.74, 6) is 0.782. The Hall–Kier alpha value is -0.780. The van der Waals surface area contributed by atoms with E-state index in [1.165, 1.54) is 0 Å². The molecule has 1 aliphatic heterocycles. The zero-order valence-electron chi connectivity index (χ0n) is 11.5. The van der Waals surface area contributed by atoms with Crippen LogP contribution in [0.15, 0.2) is 22.7 Å². The maximum absolute atomic E-state index is 12.5. The van der Waals surface area contributed by atoms with Gasteiger partial charge in [0.25, 0.3) is 5.91 Å². The van der Waals surface area contributed by atoms with Crippen molar-refractivity contribution in [2.45, 2.75) is 25.3 Å². The number of likely N-dealkylation sites (tertiary alicyclic amines) is 1. The molecule has 2 rings (SSSR count). The van der Waals surface area contributed by atoms with E-state index in [1.54, 1.807) is 19.2 Å². The molecule has 20 heavy (non-hydrogen) atoms. The third kappa shape index (κ3) is 3.65. The highest BCUT2D eigenvalue weighted by atomic mass is 79.9. The molecule has 0 saturated carbocycles. The van der Waals surface area contributed by atoms with Crippen molar-refractivity contribution in [3.8, 4) is 5.75 Å². The molecule has 1 aromatic carbocycles. The SMILES string of the molecule is COc1ccc(C(=O)N2CCCCC2CN)cc1Br.Cl. The van der Waals surface area contributed by atoms with Gasteiger partial charge in [-0.05, 0) is 53.4 Å². The molecular weight excluding hydrogens is 344 g/mol. The van der Waals surface area contributed by atoms with Crippen molar-refractivity contribution in [3.05, 3.63) is 28.2 Å². The summed E-state index contributed by atoms with van der Waals surface area (Å²) in [7, 11) is 1.61. The molecule has 1 fully saturated rings. The second-order valence-electron chi connectivity index (χ2n) is 4.73. The molecule has 1 amide bonds. The quantitative estimate of drug-likeness (QED) is 0.898. The average molecular weight is 364 g/mol. The molecule has 1 aliphatic rings.